The zero-order valence-electron chi connectivity index (χ0n) is 24.1. The zero-order valence-corrected chi connectivity index (χ0v) is 24.1. The van der Waals surface area contributed by atoms with Crippen LogP contribution in [0.25, 0.3) is 0 Å². The molecule has 222 valence electrons. The Morgan fingerprint density at radius 1 is 1.08 bits per heavy atom. The van der Waals surface area contributed by atoms with Gasteiger partial charge in [-0.15, -0.1) is 0 Å². The highest BCUT2D eigenvalue weighted by Crippen LogP contribution is 2.33. The van der Waals surface area contributed by atoms with E-state index in [9.17, 15) is 9.18 Å². The predicted octanol–water partition coefficient (Wildman–Crippen LogP) is 2.61. The third-order valence-corrected chi connectivity index (χ3v) is 10.4. The van der Waals surface area contributed by atoms with Crippen LogP contribution in [-0.2, 0) is 9.53 Å². The topological polar surface area (TPSA) is 104 Å². The summed E-state index contributed by atoms with van der Waals surface area (Å²) in [7, 11) is 0. The maximum atomic E-state index is 14.9. The van der Waals surface area contributed by atoms with E-state index in [1.807, 2.05) is 0 Å². The Balaban J connectivity index is 1.30. The number of nitrogens with one attached hydrogen (secondary N) is 3. The van der Waals surface area contributed by atoms with E-state index < -0.39 is 18.3 Å². The number of likely N-dealkylation sites (tertiary alicyclic amines) is 1. The second-order valence-electron chi connectivity index (χ2n) is 13.0. The van der Waals surface area contributed by atoms with Gasteiger partial charge in [-0.2, -0.15) is 0 Å². The maximum absolute atomic E-state index is 14.9. The van der Waals surface area contributed by atoms with Crippen LogP contribution in [0.2, 0.25) is 0 Å². The third-order valence-electron chi connectivity index (χ3n) is 10.4. The minimum atomic E-state index is -0.971. The van der Waals surface area contributed by atoms with Crippen LogP contribution in [0.5, 0.6) is 0 Å². The van der Waals surface area contributed by atoms with Gasteiger partial charge in [-0.25, -0.2) is 4.39 Å². The molecular weight excluding hydrogens is 495 g/mol. The Hall–Kier alpha value is -1.13. The number of fused-ring (bicyclic) bond motifs is 4. The number of ether oxygens (including phenoxy) is 1. The summed E-state index contributed by atoms with van der Waals surface area (Å²) in [5.74, 6) is 0.889. The highest BCUT2D eigenvalue weighted by molar-refractivity contribution is 6.05. The van der Waals surface area contributed by atoms with E-state index >= 15 is 0 Å². The van der Waals surface area contributed by atoms with Crippen molar-refractivity contribution in [1.29, 1.82) is 0 Å². The van der Waals surface area contributed by atoms with Crippen LogP contribution in [0.15, 0.2) is 4.99 Å². The first kappa shape index (κ1) is 29.4. The van der Waals surface area contributed by atoms with Gasteiger partial charge < -0.3 is 21.1 Å². The number of rotatable bonds is 4. The summed E-state index contributed by atoms with van der Waals surface area (Å²) in [4.78, 5) is 21.5. The smallest absolute Gasteiger partial charge is 0.232 e. The number of hydrogen-bond acceptors (Lipinski definition) is 7. The van der Waals surface area contributed by atoms with Crippen molar-refractivity contribution in [2.45, 2.75) is 108 Å². The van der Waals surface area contributed by atoms with Crippen molar-refractivity contribution in [3.8, 4) is 0 Å². The lowest BCUT2D eigenvalue weighted by Crippen LogP contribution is -2.61. The van der Waals surface area contributed by atoms with Gasteiger partial charge in [-0.3, -0.25) is 20.0 Å². The Morgan fingerprint density at radius 3 is 2.64 bits per heavy atom. The molecule has 5 aliphatic rings. The molecule has 5 heterocycles. The number of amides is 1. The van der Waals surface area contributed by atoms with Gasteiger partial charge in [0.25, 0.3) is 0 Å². The Morgan fingerprint density at radius 2 is 1.87 bits per heavy atom. The first-order valence-corrected chi connectivity index (χ1v) is 16.0. The first-order valence-electron chi connectivity index (χ1n) is 16.0. The number of carbonyl (C=O) groups excluding carboxylic acids is 1. The molecule has 5 rings (SSSR count). The normalized spacial score (nSPS) is 38.7. The summed E-state index contributed by atoms with van der Waals surface area (Å²) in [6.45, 7) is 8.19. The molecule has 0 saturated carbocycles. The molecule has 8 nitrogen and oxygen atoms in total. The van der Waals surface area contributed by atoms with E-state index in [2.05, 4.69) is 27.8 Å². The maximum Gasteiger partial charge on any atom is 0.232 e. The molecule has 4 saturated heterocycles. The minimum Gasteiger partial charge on any atom is -0.378 e. The van der Waals surface area contributed by atoms with Gasteiger partial charge in [0.05, 0.1) is 32.0 Å². The summed E-state index contributed by atoms with van der Waals surface area (Å²) in [5, 5.41) is 10.6. The third kappa shape index (κ3) is 7.59. The summed E-state index contributed by atoms with van der Waals surface area (Å²) in [5.41, 5.74) is 7.63. The molecule has 0 aromatic heterocycles. The SMILES string of the molecule is CC1CCCCCCC2=NCC(F)CCC1NC(N)C2C(=O)NC1CNCCC1C1CCN(C2COC2)CC1. The Kier molecular flexibility index (Phi) is 10.7. The van der Waals surface area contributed by atoms with Crippen molar-refractivity contribution in [2.24, 2.45) is 34.4 Å². The number of carbonyl (C=O) groups is 1. The zero-order chi connectivity index (χ0) is 27.2. The fraction of sp³-hybridized carbons (Fsp3) is 0.933. The lowest BCUT2D eigenvalue weighted by molar-refractivity contribution is -0.125. The molecule has 5 aliphatic heterocycles. The number of piperidine rings is 2. The molecule has 0 aliphatic carbocycles. The Bertz CT molecular complexity index is 817. The standard InChI is InChI=1S/C30H53FN6O2/c1-20-6-4-2-3-5-7-26-28(29(32)35-25(20)9-8-22(31)16-34-26)30(38)36-27-17-33-13-10-24(27)21-11-14-37(15-12-21)23-18-39-19-23/h20-25,27-29,33,35H,2-19,32H2,1H3,(H,36,38). The molecule has 1 amide bonds. The van der Waals surface area contributed by atoms with E-state index in [1.54, 1.807) is 0 Å². The lowest BCUT2D eigenvalue weighted by atomic mass is 9.76. The largest absolute Gasteiger partial charge is 0.378 e. The van der Waals surface area contributed by atoms with E-state index in [0.29, 0.717) is 30.2 Å². The molecule has 9 heteroatoms. The van der Waals surface area contributed by atoms with Gasteiger partial charge in [0, 0.05) is 24.3 Å². The summed E-state index contributed by atoms with van der Waals surface area (Å²) in [6.07, 6.45) is 9.49. The van der Waals surface area contributed by atoms with Crippen LogP contribution in [0, 0.1) is 23.7 Å². The quantitative estimate of drug-likeness (QED) is 0.431. The molecule has 5 N–H and O–H groups in total. The highest BCUT2D eigenvalue weighted by atomic mass is 19.1. The molecule has 0 spiro atoms. The molecule has 7 atom stereocenters. The van der Waals surface area contributed by atoms with Crippen LogP contribution < -0.4 is 21.7 Å². The van der Waals surface area contributed by atoms with Crippen LogP contribution in [0.3, 0.4) is 0 Å². The van der Waals surface area contributed by atoms with E-state index in [-0.39, 0.29) is 24.5 Å². The van der Waals surface area contributed by atoms with Crippen LogP contribution in [0.1, 0.15) is 77.6 Å². The molecule has 0 aromatic rings. The van der Waals surface area contributed by atoms with E-state index in [0.717, 1.165) is 83.6 Å². The lowest BCUT2D eigenvalue weighted by Gasteiger charge is -2.45. The van der Waals surface area contributed by atoms with Crippen molar-refractivity contribution in [3.63, 3.8) is 0 Å². The molecular formula is C30H53FN6O2. The second kappa shape index (κ2) is 14.2. The van der Waals surface area contributed by atoms with Crippen molar-refractivity contribution in [1.82, 2.24) is 20.9 Å². The number of hydrogen-bond donors (Lipinski definition) is 4. The average Bonchev–Trinajstić information content (AvgIpc) is 2.90. The summed E-state index contributed by atoms with van der Waals surface area (Å²) < 4.78 is 20.3. The second-order valence-corrected chi connectivity index (χ2v) is 13.0. The van der Waals surface area contributed by atoms with E-state index in [4.69, 9.17) is 15.5 Å². The minimum absolute atomic E-state index is 0.0315. The van der Waals surface area contributed by atoms with Gasteiger partial charge >= 0.3 is 0 Å². The molecule has 7 unspecified atom stereocenters. The number of alkyl halides is 1. The Labute approximate surface area is 234 Å². The van der Waals surface area contributed by atoms with E-state index in [1.165, 1.54) is 25.7 Å². The fourth-order valence-corrected chi connectivity index (χ4v) is 7.75. The number of nitrogens with zero attached hydrogens (tertiary/aromatic N) is 2. The molecule has 4 fully saturated rings. The van der Waals surface area contributed by atoms with Crippen LogP contribution in [-0.4, -0.2) is 92.9 Å². The summed E-state index contributed by atoms with van der Waals surface area (Å²) in [6, 6.07) is 0.800. The van der Waals surface area contributed by atoms with Crippen LogP contribution >= 0.6 is 0 Å². The molecule has 39 heavy (non-hydrogen) atoms. The molecule has 0 aromatic carbocycles. The molecule has 0 radical (unpaired) electrons. The van der Waals surface area contributed by atoms with Gasteiger partial charge in [0.1, 0.15) is 12.1 Å². The monoisotopic (exact) mass is 548 g/mol. The number of halogens is 1. The number of nitrogens with two attached hydrogens (primary N) is 1. The van der Waals surface area contributed by atoms with Crippen molar-refractivity contribution in [3.05, 3.63) is 0 Å². The highest BCUT2D eigenvalue weighted by Gasteiger charge is 2.40. The van der Waals surface area contributed by atoms with Gasteiger partial charge in [-0.1, -0.05) is 26.2 Å². The van der Waals surface area contributed by atoms with Crippen LogP contribution in [0.4, 0.5) is 4.39 Å². The van der Waals surface area contributed by atoms with Crippen molar-refractivity contribution >= 4 is 11.6 Å². The predicted molar refractivity (Wildman–Crippen MR) is 153 cm³/mol. The fourth-order valence-electron chi connectivity index (χ4n) is 7.75. The molecule has 2 bridgehead atoms. The van der Waals surface area contributed by atoms with Crippen molar-refractivity contribution < 1.29 is 13.9 Å². The summed E-state index contributed by atoms with van der Waals surface area (Å²) >= 11 is 0. The van der Waals surface area contributed by atoms with Crippen molar-refractivity contribution in [2.75, 3.05) is 45.9 Å². The van der Waals surface area contributed by atoms with Gasteiger partial charge in [0.15, 0.2) is 0 Å². The van der Waals surface area contributed by atoms with Gasteiger partial charge in [-0.05, 0) is 88.8 Å². The first-order chi connectivity index (χ1) is 19.0. The average molecular weight is 549 g/mol. The van der Waals surface area contributed by atoms with Gasteiger partial charge in [0.2, 0.25) is 5.91 Å². The number of aliphatic imine (C=N–C) groups is 1.